The molecule has 3 nitrogen and oxygen atoms in total. The molecule has 0 saturated heterocycles. The molecule has 0 aromatic heterocycles. The SMILES string of the molecule is CCCCC/C=C\C/C=C\C/C=C\C/C=C\CCCCOCC(CN(C)C)OCCCC/C=C\C/C=C\C/C=C\C/C=C\CCCCC. The minimum atomic E-state index is 0.144. The molecule has 0 fully saturated rings. The van der Waals surface area contributed by atoms with Crippen LogP contribution in [0.15, 0.2) is 97.2 Å². The molecular formula is C45H77NO2. The third kappa shape index (κ3) is 40.0. The first-order chi connectivity index (χ1) is 23.7. The van der Waals surface area contributed by atoms with Crippen LogP contribution in [-0.4, -0.2) is 51.5 Å². The highest BCUT2D eigenvalue weighted by molar-refractivity contribution is 5.00. The average molecular weight is 664 g/mol. The zero-order chi connectivity index (χ0) is 34.9. The summed E-state index contributed by atoms with van der Waals surface area (Å²) in [6.07, 6.45) is 60.0. The van der Waals surface area contributed by atoms with Gasteiger partial charge in [-0.2, -0.15) is 0 Å². The van der Waals surface area contributed by atoms with Crippen LogP contribution in [0.3, 0.4) is 0 Å². The van der Waals surface area contributed by atoms with Gasteiger partial charge in [-0.05, 0) is 117 Å². The van der Waals surface area contributed by atoms with E-state index in [-0.39, 0.29) is 6.10 Å². The number of rotatable bonds is 35. The Hall–Kier alpha value is -2.20. The Bertz CT molecular complexity index is 873. The van der Waals surface area contributed by atoms with Crippen LogP contribution in [-0.2, 0) is 9.47 Å². The molecule has 0 radical (unpaired) electrons. The lowest BCUT2D eigenvalue weighted by Crippen LogP contribution is -2.32. The van der Waals surface area contributed by atoms with E-state index in [4.69, 9.17) is 9.47 Å². The lowest BCUT2D eigenvalue weighted by molar-refractivity contribution is -0.0285. The summed E-state index contributed by atoms with van der Waals surface area (Å²) in [6.45, 7) is 7.71. The molecule has 0 heterocycles. The Kier molecular flexibility index (Phi) is 39.1. The van der Waals surface area contributed by atoms with Gasteiger partial charge in [0, 0.05) is 19.8 Å². The van der Waals surface area contributed by atoms with Gasteiger partial charge in [0.15, 0.2) is 0 Å². The highest BCUT2D eigenvalue weighted by atomic mass is 16.5. The third-order valence-electron chi connectivity index (χ3n) is 7.82. The van der Waals surface area contributed by atoms with E-state index in [2.05, 4.69) is 130 Å². The predicted molar refractivity (Wildman–Crippen MR) is 216 cm³/mol. The Morgan fingerprint density at radius 2 is 0.750 bits per heavy atom. The first kappa shape index (κ1) is 45.8. The quantitative estimate of drug-likeness (QED) is 0.0497. The van der Waals surface area contributed by atoms with Crippen LogP contribution < -0.4 is 0 Å². The van der Waals surface area contributed by atoms with Crippen LogP contribution >= 0.6 is 0 Å². The molecular weight excluding hydrogens is 587 g/mol. The number of ether oxygens (including phenoxy) is 2. The molecule has 0 aliphatic rings. The summed E-state index contributed by atoms with van der Waals surface area (Å²) in [6, 6.07) is 0. The molecule has 48 heavy (non-hydrogen) atoms. The lowest BCUT2D eigenvalue weighted by atomic mass is 10.2. The van der Waals surface area contributed by atoms with E-state index in [9.17, 15) is 0 Å². The van der Waals surface area contributed by atoms with Gasteiger partial charge in [0.1, 0.15) is 0 Å². The maximum Gasteiger partial charge on any atom is 0.0934 e. The number of allylic oxidation sites excluding steroid dienone is 16. The lowest BCUT2D eigenvalue weighted by Gasteiger charge is -2.21. The molecule has 0 N–H and O–H groups in total. The summed E-state index contributed by atoms with van der Waals surface area (Å²) in [7, 11) is 4.21. The Morgan fingerprint density at radius 3 is 1.10 bits per heavy atom. The van der Waals surface area contributed by atoms with Crippen LogP contribution in [0.25, 0.3) is 0 Å². The monoisotopic (exact) mass is 664 g/mol. The maximum absolute atomic E-state index is 6.19. The molecule has 0 amide bonds. The minimum Gasteiger partial charge on any atom is -0.379 e. The van der Waals surface area contributed by atoms with Gasteiger partial charge in [0.2, 0.25) is 0 Å². The zero-order valence-corrected chi connectivity index (χ0v) is 32.0. The number of hydrogen-bond donors (Lipinski definition) is 0. The third-order valence-corrected chi connectivity index (χ3v) is 7.82. The van der Waals surface area contributed by atoms with Gasteiger partial charge in [0.25, 0.3) is 0 Å². The van der Waals surface area contributed by atoms with Crippen molar-refractivity contribution < 1.29 is 9.47 Å². The molecule has 274 valence electrons. The second-order valence-corrected chi connectivity index (χ2v) is 13.0. The fraction of sp³-hybridized carbons (Fsp3) is 0.644. The number of likely N-dealkylation sites (N-methyl/N-ethyl adjacent to an activating group) is 1. The standard InChI is InChI=1S/C45H77NO2/c1-5-7-9-11-13-15-17-19-21-23-25-27-29-31-33-35-37-39-41-47-44-45(43-46(3)4)48-42-40-38-36-34-32-30-28-26-24-22-20-18-16-14-12-10-8-6-2/h13-16,19-22,25-28,31-34,45H,5-12,17-18,23-24,29-30,35-44H2,1-4H3/b15-13-,16-14-,21-19-,22-20-,27-25-,28-26-,33-31-,34-32-. The Labute approximate surface area is 299 Å². The van der Waals surface area contributed by atoms with E-state index in [1.54, 1.807) is 0 Å². The highest BCUT2D eigenvalue weighted by Crippen LogP contribution is 2.06. The first-order valence-corrected chi connectivity index (χ1v) is 19.7. The summed E-state index contributed by atoms with van der Waals surface area (Å²) in [5.74, 6) is 0. The van der Waals surface area contributed by atoms with Gasteiger partial charge in [-0.1, -0.05) is 137 Å². The summed E-state index contributed by atoms with van der Waals surface area (Å²) < 4.78 is 12.2. The van der Waals surface area contributed by atoms with Crippen LogP contribution in [0.2, 0.25) is 0 Å². The fourth-order valence-electron chi connectivity index (χ4n) is 4.98. The number of unbranched alkanes of at least 4 members (excludes halogenated alkanes) is 10. The summed E-state index contributed by atoms with van der Waals surface area (Å²) in [5.41, 5.74) is 0. The molecule has 0 aliphatic carbocycles. The van der Waals surface area contributed by atoms with Crippen molar-refractivity contribution >= 4 is 0 Å². The van der Waals surface area contributed by atoms with E-state index < -0.39 is 0 Å². The molecule has 0 rings (SSSR count). The summed E-state index contributed by atoms with van der Waals surface area (Å²) >= 11 is 0. The molecule has 0 aromatic rings. The van der Waals surface area contributed by atoms with Crippen molar-refractivity contribution in [1.82, 2.24) is 4.90 Å². The molecule has 3 heteroatoms. The van der Waals surface area contributed by atoms with Gasteiger partial charge < -0.3 is 14.4 Å². The normalized spacial score (nSPS) is 13.8. The van der Waals surface area contributed by atoms with Gasteiger partial charge in [-0.15, -0.1) is 0 Å². The fourth-order valence-corrected chi connectivity index (χ4v) is 4.98. The Balaban J connectivity index is 3.75. The molecule has 1 atom stereocenters. The molecule has 1 unspecified atom stereocenters. The van der Waals surface area contributed by atoms with Gasteiger partial charge >= 0.3 is 0 Å². The predicted octanol–water partition coefficient (Wildman–Crippen LogP) is 13.2. The van der Waals surface area contributed by atoms with Crippen LogP contribution in [0.1, 0.15) is 142 Å². The van der Waals surface area contributed by atoms with Gasteiger partial charge in [0.05, 0.1) is 12.7 Å². The minimum absolute atomic E-state index is 0.144. The van der Waals surface area contributed by atoms with Crippen molar-refractivity contribution in [2.24, 2.45) is 0 Å². The Morgan fingerprint density at radius 1 is 0.417 bits per heavy atom. The first-order valence-electron chi connectivity index (χ1n) is 19.7. The van der Waals surface area contributed by atoms with Crippen molar-refractivity contribution in [3.63, 3.8) is 0 Å². The van der Waals surface area contributed by atoms with Gasteiger partial charge in [-0.25, -0.2) is 0 Å². The van der Waals surface area contributed by atoms with E-state index in [0.717, 1.165) is 84.0 Å². The zero-order valence-electron chi connectivity index (χ0n) is 32.0. The van der Waals surface area contributed by atoms with Crippen molar-refractivity contribution in [1.29, 1.82) is 0 Å². The second kappa shape index (κ2) is 41.0. The van der Waals surface area contributed by atoms with E-state index in [0.29, 0.717) is 6.61 Å². The highest BCUT2D eigenvalue weighted by Gasteiger charge is 2.10. The van der Waals surface area contributed by atoms with Crippen molar-refractivity contribution in [3.8, 4) is 0 Å². The molecule has 0 spiro atoms. The molecule has 0 saturated carbocycles. The van der Waals surface area contributed by atoms with E-state index in [1.807, 2.05) is 0 Å². The van der Waals surface area contributed by atoms with E-state index >= 15 is 0 Å². The van der Waals surface area contributed by atoms with Crippen molar-refractivity contribution in [3.05, 3.63) is 97.2 Å². The topological polar surface area (TPSA) is 21.7 Å². The van der Waals surface area contributed by atoms with Crippen molar-refractivity contribution in [2.75, 3.05) is 40.5 Å². The van der Waals surface area contributed by atoms with E-state index in [1.165, 1.54) is 64.2 Å². The van der Waals surface area contributed by atoms with Gasteiger partial charge in [-0.3, -0.25) is 0 Å². The number of hydrogen-bond acceptors (Lipinski definition) is 3. The van der Waals surface area contributed by atoms with Crippen LogP contribution in [0.5, 0.6) is 0 Å². The summed E-state index contributed by atoms with van der Waals surface area (Å²) in [5, 5.41) is 0. The molecule has 0 aromatic carbocycles. The maximum atomic E-state index is 6.19. The smallest absolute Gasteiger partial charge is 0.0934 e. The van der Waals surface area contributed by atoms with Crippen LogP contribution in [0.4, 0.5) is 0 Å². The second-order valence-electron chi connectivity index (χ2n) is 13.0. The van der Waals surface area contributed by atoms with Crippen molar-refractivity contribution in [2.45, 2.75) is 148 Å². The van der Waals surface area contributed by atoms with Crippen LogP contribution in [0, 0.1) is 0 Å². The molecule has 0 aliphatic heterocycles. The molecule has 0 bridgehead atoms. The number of nitrogens with zero attached hydrogens (tertiary/aromatic N) is 1. The largest absolute Gasteiger partial charge is 0.379 e. The summed E-state index contributed by atoms with van der Waals surface area (Å²) in [4.78, 5) is 2.19. The average Bonchev–Trinajstić information content (AvgIpc) is 3.08.